The Kier molecular flexibility index (Phi) is 5.48. The van der Waals surface area contributed by atoms with E-state index in [2.05, 4.69) is 11.4 Å². The highest BCUT2D eigenvalue weighted by molar-refractivity contribution is 5.74. The second-order valence-corrected chi connectivity index (χ2v) is 6.70. The molecule has 0 spiro atoms. The largest absolute Gasteiger partial charge is 0.408 e. The summed E-state index contributed by atoms with van der Waals surface area (Å²) in [6.45, 7) is 5.76. The predicted octanol–water partition coefficient (Wildman–Crippen LogP) is 3.30. The van der Waals surface area contributed by atoms with Crippen molar-refractivity contribution in [2.75, 3.05) is 13.1 Å². The van der Waals surface area contributed by atoms with Gasteiger partial charge in [-0.15, -0.1) is 0 Å². The van der Waals surface area contributed by atoms with Crippen molar-refractivity contribution in [1.82, 2.24) is 10.2 Å². The van der Waals surface area contributed by atoms with E-state index in [0.717, 1.165) is 0 Å². The molecule has 0 aromatic heterocycles. The van der Waals surface area contributed by atoms with E-state index < -0.39 is 23.7 Å². The zero-order chi connectivity index (χ0) is 16.3. The first-order chi connectivity index (χ1) is 9.53. The summed E-state index contributed by atoms with van der Waals surface area (Å²) in [6, 6.07) is -0.424. The molecule has 1 heterocycles. The molecule has 4 nitrogen and oxygen atoms in total. The van der Waals surface area contributed by atoms with Crippen molar-refractivity contribution in [2.45, 2.75) is 52.3 Å². The summed E-state index contributed by atoms with van der Waals surface area (Å²) in [5.41, 5.74) is -0.540. The van der Waals surface area contributed by atoms with Gasteiger partial charge >= 0.3 is 12.2 Å². The number of hydrogen-bond acceptors (Lipinski definition) is 2. The maximum absolute atomic E-state index is 13.0. The predicted molar refractivity (Wildman–Crippen MR) is 72.4 cm³/mol. The molecule has 1 saturated heterocycles. The minimum absolute atomic E-state index is 0.109. The number of urea groups is 1. The fourth-order valence-corrected chi connectivity index (χ4v) is 2.31. The zero-order valence-electron chi connectivity index (χ0n) is 12.6. The van der Waals surface area contributed by atoms with E-state index in [1.165, 1.54) is 4.90 Å². The topological polar surface area (TPSA) is 56.1 Å². The summed E-state index contributed by atoms with van der Waals surface area (Å²) in [4.78, 5) is 13.3. The number of carbonyl (C=O) groups is 1. The van der Waals surface area contributed by atoms with Crippen LogP contribution in [0.15, 0.2) is 0 Å². The standard InChI is InChI=1S/C14H22F3N3O/c1-13(2,3)8-11(14(15,16)17)19-12(21)20-6-4-10(9-18)5-7-20/h10-11H,4-8H2,1-3H3,(H,19,21)/t11-/m0/s1. The lowest BCUT2D eigenvalue weighted by atomic mass is 9.88. The Morgan fingerprint density at radius 3 is 2.24 bits per heavy atom. The van der Waals surface area contributed by atoms with Gasteiger partial charge in [0.15, 0.2) is 0 Å². The van der Waals surface area contributed by atoms with Crippen LogP contribution in [0.5, 0.6) is 0 Å². The SMILES string of the molecule is CC(C)(C)C[C@H](NC(=O)N1CCC(C#N)CC1)C(F)(F)F. The van der Waals surface area contributed by atoms with E-state index in [0.29, 0.717) is 25.9 Å². The van der Waals surface area contributed by atoms with Crippen LogP contribution >= 0.6 is 0 Å². The summed E-state index contributed by atoms with van der Waals surface area (Å²) in [6.07, 6.45) is -3.61. The van der Waals surface area contributed by atoms with Crippen molar-refractivity contribution in [1.29, 1.82) is 5.26 Å². The van der Waals surface area contributed by atoms with Crippen LogP contribution in [0.3, 0.4) is 0 Å². The van der Waals surface area contributed by atoms with Crippen LogP contribution in [-0.2, 0) is 0 Å². The molecule has 7 heteroatoms. The molecule has 0 aromatic carbocycles. The van der Waals surface area contributed by atoms with Gasteiger partial charge in [0, 0.05) is 19.0 Å². The summed E-state index contributed by atoms with van der Waals surface area (Å²) in [5, 5.41) is 10.9. The van der Waals surface area contributed by atoms with Crippen LogP contribution in [0.2, 0.25) is 0 Å². The number of nitriles is 1. The first kappa shape index (κ1) is 17.6. The molecule has 1 rings (SSSR count). The number of halogens is 3. The number of alkyl halides is 3. The van der Waals surface area contributed by atoms with E-state index >= 15 is 0 Å². The van der Waals surface area contributed by atoms with E-state index in [4.69, 9.17) is 5.26 Å². The van der Waals surface area contributed by atoms with Gasteiger partial charge in [0.2, 0.25) is 0 Å². The minimum atomic E-state index is -4.46. The average molecular weight is 305 g/mol. The monoisotopic (exact) mass is 305 g/mol. The Balaban J connectivity index is 2.63. The van der Waals surface area contributed by atoms with Crippen LogP contribution in [-0.4, -0.2) is 36.2 Å². The molecule has 1 fully saturated rings. The van der Waals surface area contributed by atoms with Crippen LogP contribution < -0.4 is 5.32 Å². The van der Waals surface area contributed by atoms with Gasteiger partial charge in [-0.05, 0) is 24.7 Å². The van der Waals surface area contributed by atoms with Gasteiger partial charge in [0.05, 0.1) is 6.07 Å². The molecule has 0 aliphatic carbocycles. The van der Waals surface area contributed by atoms with Crippen molar-refractivity contribution in [2.24, 2.45) is 11.3 Å². The highest BCUT2D eigenvalue weighted by atomic mass is 19.4. The second-order valence-electron chi connectivity index (χ2n) is 6.70. The molecule has 0 saturated carbocycles. The van der Waals surface area contributed by atoms with Crippen molar-refractivity contribution < 1.29 is 18.0 Å². The number of nitrogens with zero attached hydrogens (tertiary/aromatic N) is 2. The van der Waals surface area contributed by atoms with E-state index in [1.807, 2.05) is 0 Å². The number of piperidine rings is 1. The third kappa shape index (κ3) is 5.82. The van der Waals surface area contributed by atoms with Crippen LogP contribution in [0.25, 0.3) is 0 Å². The van der Waals surface area contributed by atoms with E-state index in [-0.39, 0.29) is 12.3 Å². The third-order valence-electron chi connectivity index (χ3n) is 3.47. The lowest BCUT2D eigenvalue weighted by Crippen LogP contribution is -2.53. The van der Waals surface area contributed by atoms with Crippen molar-refractivity contribution in [3.8, 4) is 6.07 Å². The first-order valence-electron chi connectivity index (χ1n) is 7.05. The Hall–Kier alpha value is -1.45. The molecule has 1 aliphatic heterocycles. The highest BCUT2D eigenvalue weighted by Gasteiger charge is 2.43. The Morgan fingerprint density at radius 2 is 1.86 bits per heavy atom. The molecule has 0 aromatic rings. The lowest BCUT2D eigenvalue weighted by molar-refractivity contribution is -0.159. The normalized spacial score (nSPS) is 19.0. The molecule has 0 bridgehead atoms. The third-order valence-corrected chi connectivity index (χ3v) is 3.47. The first-order valence-corrected chi connectivity index (χ1v) is 7.05. The number of hydrogen-bond donors (Lipinski definition) is 1. The van der Waals surface area contributed by atoms with Crippen molar-refractivity contribution in [3.05, 3.63) is 0 Å². The van der Waals surface area contributed by atoms with Gasteiger partial charge in [0.25, 0.3) is 0 Å². The van der Waals surface area contributed by atoms with Gasteiger partial charge in [0.1, 0.15) is 6.04 Å². The molecular formula is C14H22F3N3O. The molecule has 1 atom stereocenters. The molecule has 0 unspecified atom stereocenters. The molecule has 2 amide bonds. The number of carbonyl (C=O) groups excluding carboxylic acids is 1. The smallest absolute Gasteiger partial charge is 0.326 e. The lowest BCUT2D eigenvalue weighted by Gasteiger charge is -2.33. The van der Waals surface area contributed by atoms with Crippen LogP contribution in [0.1, 0.15) is 40.0 Å². The zero-order valence-corrected chi connectivity index (χ0v) is 12.6. The second kappa shape index (κ2) is 6.54. The van der Waals surface area contributed by atoms with Crippen LogP contribution in [0.4, 0.5) is 18.0 Å². The summed E-state index contributed by atoms with van der Waals surface area (Å²) in [5.74, 6) is -0.109. The van der Waals surface area contributed by atoms with Gasteiger partial charge in [-0.1, -0.05) is 20.8 Å². The summed E-state index contributed by atoms with van der Waals surface area (Å²) < 4.78 is 39.1. The highest BCUT2D eigenvalue weighted by Crippen LogP contribution is 2.30. The summed E-state index contributed by atoms with van der Waals surface area (Å²) >= 11 is 0. The molecular weight excluding hydrogens is 283 g/mol. The Bertz CT molecular complexity index is 401. The molecule has 120 valence electrons. The van der Waals surface area contributed by atoms with Gasteiger partial charge in [-0.3, -0.25) is 0 Å². The molecule has 0 radical (unpaired) electrons. The Labute approximate surface area is 123 Å². The van der Waals surface area contributed by atoms with Crippen LogP contribution in [0, 0.1) is 22.7 Å². The quantitative estimate of drug-likeness (QED) is 0.851. The average Bonchev–Trinajstić information content (AvgIpc) is 2.35. The summed E-state index contributed by atoms with van der Waals surface area (Å²) in [7, 11) is 0. The van der Waals surface area contributed by atoms with Crippen molar-refractivity contribution in [3.63, 3.8) is 0 Å². The molecule has 21 heavy (non-hydrogen) atoms. The fourth-order valence-electron chi connectivity index (χ4n) is 2.31. The number of nitrogens with one attached hydrogen (secondary N) is 1. The fraction of sp³-hybridized carbons (Fsp3) is 0.857. The maximum Gasteiger partial charge on any atom is 0.408 e. The Morgan fingerprint density at radius 1 is 1.33 bits per heavy atom. The van der Waals surface area contributed by atoms with Crippen molar-refractivity contribution >= 4 is 6.03 Å². The molecule has 1 N–H and O–H groups in total. The maximum atomic E-state index is 13.0. The number of likely N-dealkylation sites (tertiary alicyclic amines) is 1. The molecule has 1 aliphatic rings. The van der Waals surface area contributed by atoms with Gasteiger partial charge < -0.3 is 10.2 Å². The minimum Gasteiger partial charge on any atom is -0.326 e. The number of rotatable bonds is 2. The van der Waals surface area contributed by atoms with E-state index in [9.17, 15) is 18.0 Å². The number of amides is 2. The van der Waals surface area contributed by atoms with Gasteiger partial charge in [-0.2, -0.15) is 18.4 Å². The van der Waals surface area contributed by atoms with E-state index in [1.54, 1.807) is 20.8 Å². The van der Waals surface area contributed by atoms with Gasteiger partial charge in [-0.25, -0.2) is 4.79 Å².